The van der Waals surface area contributed by atoms with Crippen LogP contribution in [0.5, 0.6) is 0 Å². The van der Waals surface area contributed by atoms with Crippen molar-refractivity contribution in [2.24, 2.45) is 0 Å². The van der Waals surface area contributed by atoms with E-state index in [1.54, 1.807) is 0 Å². The summed E-state index contributed by atoms with van der Waals surface area (Å²) in [7, 11) is 2.02. The largest absolute Gasteiger partial charge is 0.316 e. The smallest absolute Gasteiger partial charge is 0.0239 e. The second kappa shape index (κ2) is 6.91. The fourth-order valence-corrected chi connectivity index (χ4v) is 3.06. The van der Waals surface area contributed by atoms with Gasteiger partial charge in [0.2, 0.25) is 0 Å². The minimum Gasteiger partial charge on any atom is -0.316 e. The van der Waals surface area contributed by atoms with Crippen LogP contribution in [-0.2, 0) is 13.1 Å². The first kappa shape index (κ1) is 13.6. The van der Waals surface area contributed by atoms with E-state index in [4.69, 9.17) is 0 Å². The molecule has 2 heteroatoms. The summed E-state index contributed by atoms with van der Waals surface area (Å²) in [6, 6.07) is 9.65. The fourth-order valence-electron chi connectivity index (χ4n) is 3.06. The SMILES string of the molecule is CCN(Cc1ccccc1CNC)C1CCCC1. The Morgan fingerprint density at radius 1 is 1.17 bits per heavy atom. The predicted octanol–water partition coefficient (Wildman–Crippen LogP) is 3.17. The van der Waals surface area contributed by atoms with Crippen LogP contribution in [0.25, 0.3) is 0 Å². The van der Waals surface area contributed by atoms with Gasteiger partial charge in [0, 0.05) is 19.1 Å². The van der Waals surface area contributed by atoms with Gasteiger partial charge in [-0.05, 0) is 37.6 Å². The second-order valence-corrected chi connectivity index (χ2v) is 5.30. The minimum absolute atomic E-state index is 0.817. The molecule has 1 saturated carbocycles. The Kier molecular flexibility index (Phi) is 5.21. The summed E-state index contributed by atoms with van der Waals surface area (Å²) < 4.78 is 0. The highest BCUT2D eigenvalue weighted by Gasteiger charge is 2.21. The average molecular weight is 246 g/mol. The van der Waals surface area contributed by atoms with Crippen molar-refractivity contribution in [3.63, 3.8) is 0 Å². The molecule has 1 aliphatic carbocycles. The van der Waals surface area contributed by atoms with Crippen molar-refractivity contribution in [3.05, 3.63) is 35.4 Å². The van der Waals surface area contributed by atoms with Crippen LogP contribution < -0.4 is 5.32 Å². The van der Waals surface area contributed by atoms with Crippen LogP contribution in [-0.4, -0.2) is 24.5 Å². The molecule has 1 aromatic carbocycles. The van der Waals surface area contributed by atoms with Gasteiger partial charge in [0.1, 0.15) is 0 Å². The third-order valence-corrected chi connectivity index (χ3v) is 4.11. The summed E-state index contributed by atoms with van der Waals surface area (Å²) in [5, 5.41) is 3.27. The lowest BCUT2D eigenvalue weighted by atomic mass is 10.1. The van der Waals surface area contributed by atoms with Crippen LogP contribution >= 0.6 is 0 Å². The van der Waals surface area contributed by atoms with Crippen molar-refractivity contribution in [1.82, 2.24) is 10.2 Å². The average Bonchev–Trinajstić information content (AvgIpc) is 2.92. The van der Waals surface area contributed by atoms with Gasteiger partial charge in [-0.25, -0.2) is 0 Å². The normalized spacial score (nSPS) is 16.6. The summed E-state index contributed by atoms with van der Waals surface area (Å²) in [6.07, 6.45) is 5.61. The predicted molar refractivity (Wildman–Crippen MR) is 77.5 cm³/mol. The summed E-state index contributed by atoms with van der Waals surface area (Å²) in [5.41, 5.74) is 2.93. The molecule has 0 bridgehead atoms. The topological polar surface area (TPSA) is 15.3 Å². The maximum atomic E-state index is 3.27. The van der Waals surface area contributed by atoms with Crippen LogP contribution in [0.4, 0.5) is 0 Å². The second-order valence-electron chi connectivity index (χ2n) is 5.30. The van der Waals surface area contributed by atoms with Gasteiger partial charge in [-0.15, -0.1) is 0 Å². The van der Waals surface area contributed by atoms with E-state index in [2.05, 4.69) is 41.4 Å². The number of rotatable bonds is 6. The van der Waals surface area contributed by atoms with Crippen molar-refractivity contribution in [2.45, 2.75) is 51.7 Å². The molecule has 0 heterocycles. The van der Waals surface area contributed by atoms with Crippen molar-refractivity contribution in [1.29, 1.82) is 0 Å². The summed E-state index contributed by atoms with van der Waals surface area (Å²) >= 11 is 0. The van der Waals surface area contributed by atoms with E-state index in [0.717, 1.165) is 19.1 Å². The third-order valence-electron chi connectivity index (χ3n) is 4.11. The summed E-state index contributed by atoms with van der Waals surface area (Å²) in [6.45, 7) is 5.54. The van der Waals surface area contributed by atoms with E-state index in [1.807, 2.05) is 7.05 Å². The van der Waals surface area contributed by atoms with Crippen LogP contribution in [0.3, 0.4) is 0 Å². The summed E-state index contributed by atoms with van der Waals surface area (Å²) in [4.78, 5) is 2.65. The number of hydrogen-bond donors (Lipinski definition) is 1. The molecule has 1 aliphatic rings. The molecule has 1 N–H and O–H groups in total. The Morgan fingerprint density at radius 3 is 2.44 bits per heavy atom. The monoisotopic (exact) mass is 246 g/mol. The quantitative estimate of drug-likeness (QED) is 0.829. The molecule has 0 aliphatic heterocycles. The standard InChI is InChI=1S/C16H26N2/c1-3-18(16-10-6-7-11-16)13-15-9-5-4-8-14(15)12-17-2/h4-5,8-9,16-17H,3,6-7,10-13H2,1-2H3. The Labute approximate surface area is 111 Å². The third kappa shape index (κ3) is 3.33. The molecule has 1 fully saturated rings. The fraction of sp³-hybridized carbons (Fsp3) is 0.625. The Bertz CT molecular complexity index is 356. The first-order valence-corrected chi connectivity index (χ1v) is 7.30. The van der Waals surface area contributed by atoms with Crippen molar-refractivity contribution in [2.75, 3.05) is 13.6 Å². The maximum absolute atomic E-state index is 3.27. The van der Waals surface area contributed by atoms with Gasteiger partial charge in [-0.3, -0.25) is 4.90 Å². The van der Waals surface area contributed by atoms with E-state index in [-0.39, 0.29) is 0 Å². The zero-order valence-electron chi connectivity index (χ0n) is 11.8. The molecule has 0 saturated heterocycles. The zero-order chi connectivity index (χ0) is 12.8. The lowest BCUT2D eigenvalue weighted by Crippen LogP contribution is -2.33. The van der Waals surface area contributed by atoms with Gasteiger partial charge in [0.15, 0.2) is 0 Å². The molecule has 0 spiro atoms. The van der Waals surface area contributed by atoms with Crippen LogP contribution in [0.15, 0.2) is 24.3 Å². The highest BCUT2D eigenvalue weighted by molar-refractivity contribution is 5.27. The van der Waals surface area contributed by atoms with E-state index in [9.17, 15) is 0 Å². The van der Waals surface area contributed by atoms with Crippen molar-refractivity contribution in [3.8, 4) is 0 Å². The van der Waals surface area contributed by atoms with Crippen molar-refractivity contribution >= 4 is 0 Å². The summed E-state index contributed by atoms with van der Waals surface area (Å²) in [5.74, 6) is 0. The Hall–Kier alpha value is -0.860. The van der Waals surface area contributed by atoms with E-state index in [1.165, 1.54) is 43.4 Å². The molecule has 0 atom stereocenters. The lowest BCUT2D eigenvalue weighted by Gasteiger charge is -2.28. The first-order valence-electron chi connectivity index (χ1n) is 7.30. The van der Waals surface area contributed by atoms with Gasteiger partial charge in [0.25, 0.3) is 0 Å². The van der Waals surface area contributed by atoms with Crippen LogP contribution in [0.1, 0.15) is 43.7 Å². The van der Waals surface area contributed by atoms with Gasteiger partial charge < -0.3 is 5.32 Å². The number of benzene rings is 1. The number of hydrogen-bond acceptors (Lipinski definition) is 2. The molecular formula is C16H26N2. The Balaban J connectivity index is 2.06. The molecule has 0 aromatic heterocycles. The zero-order valence-corrected chi connectivity index (χ0v) is 11.8. The minimum atomic E-state index is 0.817. The number of nitrogens with zero attached hydrogens (tertiary/aromatic N) is 1. The van der Waals surface area contributed by atoms with Crippen molar-refractivity contribution < 1.29 is 0 Å². The first-order chi connectivity index (χ1) is 8.85. The molecule has 2 nitrogen and oxygen atoms in total. The molecule has 1 aromatic rings. The lowest BCUT2D eigenvalue weighted by molar-refractivity contribution is 0.199. The van der Waals surface area contributed by atoms with E-state index in [0.29, 0.717) is 0 Å². The molecule has 2 rings (SSSR count). The van der Waals surface area contributed by atoms with Gasteiger partial charge in [-0.1, -0.05) is 44.0 Å². The highest BCUT2D eigenvalue weighted by atomic mass is 15.1. The van der Waals surface area contributed by atoms with E-state index < -0.39 is 0 Å². The molecule has 100 valence electrons. The van der Waals surface area contributed by atoms with Crippen LogP contribution in [0.2, 0.25) is 0 Å². The molecule has 0 amide bonds. The van der Waals surface area contributed by atoms with Gasteiger partial charge >= 0.3 is 0 Å². The highest BCUT2D eigenvalue weighted by Crippen LogP contribution is 2.25. The van der Waals surface area contributed by atoms with Gasteiger partial charge in [0.05, 0.1) is 0 Å². The Morgan fingerprint density at radius 2 is 1.83 bits per heavy atom. The molecule has 0 radical (unpaired) electrons. The molecule has 0 unspecified atom stereocenters. The van der Waals surface area contributed by atoms with Gasteiger partial charge in [-0.2, -0.15) is 0 Å². The van der Waals surface area contributed by atoms with Crippen LogP contribution in [0, 0.1) is 0 Å². The molecular weight excluding hydrogens is 220 g/mol. The maximum Gasteiger partial charge on any atom is 0.0239 e. The molecule has 18 heavy (non-hydrogen) atoms. The number of nitrogens with one attached hydrogen (secondary N) is 1. The van der Waals surface area contributed by atoms with E-state index >= 15 is 0 Å².